The maximum absolute atomic E-state index is 13.9. The summed E-state index contributed by atoms with van der Waals surface area (Å²) < 4.78 is 47.8. The number of nitrogens with one attached hydrogen (secondary N) is 1. The van der Waals surface area contributed by atoms with Gasteiger partial charge in [0.15, 0.2) is 0 Å². The van der Waals surface area contributed by atoms with Crippen LogP contribution in [0, 0.1) is 5.82 Å². The highest BCUT2D eigenvalue weighted by molar-refractivity contribution is 7.89. The first-order chi connectivity index (χ1) is 15.4. The van der Waals surface area contributed by atoms with Crippen molar-refractivity contribution in [3.8, 4) is 0 Å². The second-order valence-electron chi connectivity index (χ2n) is 8.58. The van der Waals surface area contributed by atoms with Crippen LogP contribution in [0.3, 0.4) is 0 Å². The Bertz CT molecular complexity index is 989. The second kappa shape index (κ2) is 10.2. The predicted octanol–water partition coefficient (Wildman–Crippen LogP) is 2.78. The summed E-state index contributed by atoms with van der Waals surface area (Å²) >= 11 is 0. The number of rotatable bonds is 7. The molecule has 1 saturated heterocycles. The number of nitrogens with zero attached hydrogens (tertiary/aromatic N) is 3. The Hall–Kier alpha value is -2.07. The van der Waals surface area contributed by atoms with Gasteiger partial charge in [-0.1, -0.05) is 18.2 Å². The lowest BCUT2D eigenvalue weighted by molar-refractivity contribution is 0.122. The van der Waals surface area contributed by atoms with E-state index in [0.29, 0.717) is 31.4 Å². The van der Waals surface area contributed by atoms with Crippen LogP contribution in [-0.4, -0.2) is 63.7 Å². The van der Waals surface area contributed by atoms with Crippen molar-refractivity contribution in [1.29, 1.82) is 0 Å². The van der Waals surface area contributed by atoms with Gasteiger partial charge < -0.3 is 9.64 Å². The molecule has 2 aromatic rings. The summed E-state index contributed by atoms with van der Waals surface area (Å²) in [4.78, 5) is 8.80. The number of benzene rings is 1. The van der Waals surface area contributed by atoms with Gasteiger partial charge in [-0.25, -0.2) is 22.5 Å². The number of aromatic nitrogens is 1. The summed E-state index contributed by atoms with van der Waals surface area (Å²) in [5.41, 5.74) is 0.686. The topological polar surface area (TPSA) is 74.8 Å². The van der Waals surface area contributed by atoms with E-state index in [0.717, 1.165) is 44.6 Å². The van der Waals surface area contributed by atoms with Gasteiger partial charge >= 0.3 is 0 Å². The molecule has 0 spiro atoms. The third-order valence-corrected chi connectivity index (χ3v) is 7.89. The molecular weight excluding hydrogens is 431 g/mol. The van der Waals surface area contributed by atoms with Crippen molar-refractivity contribution in [2.45, 2.75) is 49.2 Å². The molecule has 32 heavy (non-hydrogen) atoms. The fourth-order valence-electron chi connectivity index (χ4n) is 4.46. The molecule has 0 unspecified atom stereocenters. The van der Waals surface area contributed by atoms with Crippen molar-refractivity contribution in [3.63, 3.8) is 0 Å². The molecule has 1 N–H and O–H groups in total. The largest absolute Gasteiger partial charge is 0.378 e. The highest BCUT2D eigenvalue weighted by Gasteiger charge is 2.28. The Kier molecular flexibility index (Phi) is 7.40. The normalized spacial score (nSPS) is 22.3. The molecule has 1 saturated carbocycles. The summed E-state index contributed by atoms with van der Waals surface area (Å²) in [5.74, 6) is 0.583. The molecule has 7 nitrogen and oxygen atoms in total. The van der Waals surface area contributed by atoms with E-state index in [9.17, 15) is 12.8 Å². The van der Waals surface area contributed by atoms with Gasteiger partial charge in [0.25, 0.3) is 0 Å². The monoisotopic (exact) mass is 462 g/mol. The van der Waals surface area contributed by atoms with Gasteiger partial charge in [-0.15, -0.1) is 0 Å². The van der Waals surface area contributed by atoms with Crippen molar-refractivity contribution >= 4 is 15.8 Å². The molecule has 0 amide bonds. The van der Waals surface area contributed by atoms with Crippen molar-refractivity contribution in [2.24, 2.45) is 0 Å². The molecule has 1 aliphatic carbocycles. The summed E-state index contributed by atoms with van der Waals surface area (Å²) in [6, 6.07) is 10.4. The number of halogens is 1. The molecule has 2 aliphatic rings. The van der Waals surface area contributed by atoms with Gasteiger partial charge in [-0.2, -0.15) is 0 Å². The van der Waals surface area contributed by atoms with Gasteiger partial charge in [-0.3, -0.25) is 4.90 Å². The summed E-state index contributed by atoms with van der Waals surface area (Å²) in [7, 11) is -1.61. The van der Waals surface area contributed by atoms with Crippen LogP contribution in [0.4, 0.5) is 10.2 Å². The van der Waals surface area contributed by atoms with Crippen molar-refractivity contribution in [1.82, 2.24) is 14.6 Å². The van der Waals surface area contributed by atoms with E-state index in [-0.39, 0.29) is 16.8 Å². The quantitative estimate of drug-likeness (QED) is 0.682. The smallest absolute Gasteiger partial charge is 0.242 e. The molecule has 0 atom stereocenters. The zero-order chi connectivity index (χ0) is 22.6. The minimum atomic E-state index is -3.62. The van der Waals surface area contributed by atoms with Crippen LogP contribution in [0.1, 0.15) is 31.2 Å². The first kappa shape index (κ1) is 23.1. The number of sulfonamides is 1. The predicted molar refractivity (Wildman–Crippen MR) is 122 cm³/mol. The number of hydrogen-bond donors (Lipinski definition) is 1. The first-order valence-corrected chi connectivity index (χ1v) is 12.7. The van der Waals surface area contributed by atoms with Crippen molar-refractivity contribution < 1.29 is 17.5 Å². The molecule has 4 rings (SSSR count). The molecule has 0 bridgehead atoms. The molecule has 0 radical (unpaired) electrons. The molecule has 9 heteroatoms. The maximum atomic E-state index is 13.9. The molecule has 1 aliphatic heterocycles. The highest BCUT2D eigenvalue weighted by Crippen LogP contribution is 2.25. The van der Waals surface area contributed by atoms with Crippen LogP contribution in [0.5, 0.6) is 0 Å². The van der Waals surface area contributed by atoms with E-state index in [1.165, 1.54) is 12.3 Å². The molecule has 174 valence electrons. The van der Waals surface area contributed by atoms with Gasteiger partial charge in [0, 0.05) is 43.5 Å². The van der Waals surface area contributed by atoms with E-state index in [1.54, 1.807) is 18.2 Å². The summed E-state index contributed by atoms with van der Waals surface area (Å²) in [6.07, 6.45) is 4.68. The Morgan fingerprint density at radius 1 is 1.12 bits per heavy atom. The average Bonchev–Trinajstić information content (AvgIpc) is 2.81. The molecule has 2 fully saturated rings. The van der Waals surface area contributed by atoms with Crippen LogP contribution in [-0.2, 0) is 21.3 Å². The first-order valence-electron chi connectivity index (χ1n) is 11.2. The number of ether oxygens (including phenoxy) is 1. The van der Waals surface area contributed by atoms with E-state index < -0.39 is 10.0 Å². The Balaban J connectivity index is 1.29. The Labute approximate surface area is 189 Å². The molecule has 2 heterocycles. The number of morpholine rings is 1. The summed E-state index contributed by atoms with van der Waals surface area (Å²) in [5, 5.41) is 0. The van der Waals surface area contributed by atoms with E-state index in [4.69, 9.17) is 4.74 Å². The van der Waals surface area contributed by atoms with E-state index >= 15 is 0 Å². The lowest BCUT2D eigenvalue weighted by atomic mass is 9.91. The Morgan fingerprint density at radius 3 is 2.50 bits per heavy atom. The van der Waals surface area contributed by atoms with E-state index in [2.05, 4.69) is 19.5 Å². The SMILES string of the molecule is CN(Cc1ccccc1F)C1CCC(NS(=O)(=O)c2ccc(N3CCOCC3)nc2)CC1. The minimum absolute atomic E-state index is 0.1000. The fraction of sp³-hybridized carbons (Fsp3) is 0.522. The number of hydrogen-bond acceptors (Lipinski definition) is 6. The van der Waals surface area contributed by atoms with Crippen LogP contribution in [0.15, 0.2) is 47.5 Å². The highest BCUT2D eigenvalue weighted by atomic mass is 32.2. The van der Waals surface area contributed by atoms with Gasteiger partial charge in [0.2, 0.25) is 10.0 Å². The second-order valence-corrected chi connectivity index (χ2v) is 10.3. The molecular formula is C23H31FN4O3S. The van der Waals surface area contributed by atoms with Crippen molar-refractivity contribution in [2.75, 3.05) is 38.3 Å². The van der Waals surface area contributed by atoms with Crippen LogP contribution in [0.25, 0.3) is 0 Å². The number of pyridine rings is 1. The standard InChI is InChI=1S/C23H31FN4O3S/c1-27(17-18-4-2-3-5-22(18)24)20-8-6-19(7-9-20)26-32(29,30)21-10-11-23(25-16-21)28-12-14-31-15-13-28/h2-5,10-11,16,19-20,26H,6-9,12-15,17H2,1H3. The lowest BCUT2D eigenvalue weighted by Crippen LogP contribution is -2.42. The zero-order valence-electron chi connectivity index (χ0n) is 18.4. The molecule has 1 aromatic carbocycles. The maximum Gasteiger partial charge on any atom is 0.242 e. The third kappa shape index (κ3) is 5.64. The lowest BCUT2D eigenvalue weighted by Gasteiger charge is -2.35. The van der Waals surface area contributed by atoms with Crippen LogP contribution < -0.4 is 9.62 Å². The average molecular weight is 463 g/mol. The zero-order valence-corrected chi connectivity index (χ0v) is 19.2. The van der Waals surface area contributed by atoms with Crippen LogP contribution >= 0.6 is 0 Å². The fourth-order valence-corrected chi connectivity index (χ4v) is 5.71. The van der Waals surface area contributed by atoms with Gasteiger partial charge in [0.05, 0.1) is 13.2 Å². The van der Waals surface area contributed by atoms with Crippen molar-refractivity contribution in [3.05, 3.63) is 54.0 Å². The Morgan fingerprint density at radius 2 is 1.84 bits per heavy atom. The van der Waals surface area contributed by atoms with Crippen LogP contribution in [0.2, 0.25) is 0 Å². The van der Waals surface area contributed by atoms with Gasteiger partial charge in [0.1, 0.15) is 16.5 Å². The van der Waals surface area contributed by atoms with Gasteiger partial charge in [-0.05, 0) is 50.9 Å². The van der Waals surface area contributed by atoms with E-state index in [1.807, 2.05) is 19.2 Å². The number of anilines is 1. The minimum Gasteiger partial charge on any atom is -0.378 e. The summed E-state index contributed by atoms with van der Waals surface area (Å²) in [6.45, 7) is 3.37. The molecule has 1 aromatic heterocycles. The third-order valence-electron chi connectivity index (χ3n) is 6.39.